The number of hydrogen-bond acceptors (Lipinski definition) is 6. The maximum atomic E-state index is 13.6. The van der Waals surface area contributed by atoms with Gasteiger partial charge in [0.15, 0.2) is 5.75 Å². The van der Waals surface area contributed by atoms with Crippen molar-refractivity contribution in [2.24, 2.45) is 0 Å². The molecule has 1 amide bonds. The quantitative estimate of drug-likeness (QED) is 0.110. The SMILES string of the molecule is Br.C/C(C(=O)N1CCN(Cc2ccc(COc3ccc(C(C)C)cc3)cc2)CC1)=C(\C)c1cc(C)c(Oc2ccc(OCc3ccccc3Cl)cn2)c(Cl)c1. The molecule has 7 nitrogen and oxygen atoms in total. The molecule has 0 aliphatic carbocycles. The van der Waals surface area contributed by atoms with Crippen molar-refractivity contribution in [2.75, 3.05) is 26.2 Å². The predicted molar refractivity (Wildman–Crippen MR) is 228 cm³/mol. The van der Waals surface area contributed by atoms with Crippen molar-refractivity contribution in [3.05, 3.63) is 152 Å². The largest absolute Gasteiger partial charge is 0.489 e. The number of allylic oxidation sites excluding steroid dienone is 1. The fourth-order valence-corrected chi connectivity index (χ4v) is 6.80. The molecule has 288 valence electrons. The number of amides is 1. The number of halogens is 3. The van der Waals surface area contributed by atoms with Crippen LogP contribution in [0.4, 0.5) is 0 Å². The Morgan fingerprint density at radius 2 is 1.44 bits per heavy atom. The molecule has 2 heterocycles. The van der Waals surface area contributed by atoms with Crippen molar-refractivity contribution >= 4 is 51.7 Å². The summed E-state index contributed by atoms with van der Waals surface area (Å²) in [7, 11) is 0. The molecule has 6 rings (SSSR count). The van der Waals surface area contributed by atoms with Crippen molar-refractivity contribution in [2.45, 2.75) is 60.3 Å². The molecule has 0 unspecified atom stereocenters. The zero-order chi connectivity index (χ0) is 38.2. The molecule has 0 saturated carbocycles. The molecule has 0 radical (unpaired) electrons. The van der Waals surface area contributed by atoms with Crippen LogP contribution in [0.1, 0.15) is 67.0 Å². The van der Waals surface area contributed by atoms with E-state index < -0.39 is 0 Å². The number of aromatic nitrogens is 1. The summed E-state index contributed by atoms with van der Waals surface area (Å²) in [6, 6.07) is 31.9. The molecular formula is C45H48BrCl2N3O4. The normalized spacial score (nSPS) is 13.6. The second-order valence-electron chi connectivity index (χ2n) is 14.1. The summed E-state index contributed by atoms with van der Waals surface area (Å²) in [5.41, 5.74) is 7.89. The second kappa shape index (κ2) is 19.5. The van der Waals surface area contributed by atoms with E-state index in [1.165, 1.54) is 11.1 Å². The third-order valence-corrected chi connectivity index (χ3v) is 10.5. The summed E-state index contributed by atoms with van der Waals surface area (Å²) >= 11 is 13.0. The highest BCUT2D eigenvalue weighted by Gasteiger charge is 2.24. The van der Waals surface area contributed by atoms with Crippen LogP contribution in [0.2, 0.25) is 10.0 Å². The Kier molecular flexibility index (Phi) is 14.8. The van der Waals surface area contributed by atoms with Crippen molar-refractivity contribution < 1.29 is 19.0 Å². The minimum Gasteiger partial charge on any atom is -0.489 e. The number of hydrogen-bond donors (Lipinski definition) is 0. The minimum atomic E-state index is 0. The lowest BCUT2D eigenvalue weighted by Gasteiger charge is -2.35. The molecule has 1 fully saturated rings. The number of nitrogens with zero attached hydrogens (tertiary/aromatic N) is 3. The first kappa shape index (κ1) is 41.8. The third-order valence-electron chi connectivity index (χ3n) is 9.85. The highest BCUT2D eigenvalue weighted by Crippen LogP contribution is 2.36. The Morgan fingerprint density at radius 1 is 0.782 bits per heavy atom. The molecule has 1 saturated heterocycles. The number of carbonyl (C=O) groups excluding carboxylic acids is 1. The monoisotopic (exact) mass is 843 g/mol. The molecular weight excluding hydrogens is 797 g/mol. The van der Waals surface area contributed by atoms with Gasteiger partial charge in [-0.2, -0.15) is 0 Å². The first-order valence-corrected chi connectivity index (χ1v) is 19.1. The van der Waals surface area contributed by atoms with E-state index in [0.29, 0.717) is 65.2 Å². The summed E-state index contributed by atoms with van der Waals surface area (Å²) in [5, 5.41) is 1.10. The van der Waals surface area contributed by atoms with Gasteiger partial charge in [-0.1, -0.05) is 91.6 Å². The molecule has 0 bridgehead atoms. The van der Waals surface area contributed by atoms with E-state index in [2.05, 4.69) is 60.1 Å². The zero-order valence-corrected chi connectivity index (χ0v) is 35.2. The molecule has 1 aliphatic heterocycles. The van der Waals surface area contributed by atoms with Crippen LogP contribution >= 0.6 is 40.2 Å². The smallest absolute Gasteiger partial charge is 0.249 e. The Labute approximate surface area is 345 Å². The van der Waals surface area contributed by atoms with Gasteiger partial charge in [-0.3, -0.25) is 9.69 Å². The van der Waals surface area contributed by atoms with Gasteiger partial charge in [0.1, 0.15) is 24.7 Å². The highest BCUT2D eigenvalue weighted by atomic mass is 79.9. The van der Waals surface area contributed by atoms with Gasteiger partial charge in [0, 0.05) is 54.9 Å². The topological polar surface area (TPSA) is 64.1 Å². The van der Waals surface area contributed by atoms with Crippen LogP contribution in [0.25, 0.3) is 5.57 Å². The van der Waals surface area contributed by atoms with E-state index in [9.17, 15) is 4.79 Å². The number of carbonyl (C=O) groups is 1. The van der Waals surface area contributed by atoms with Gasteiger partial charge in [0.25, 0.3) is 0 Å². The van der Waals surface area contributed by atoms with Crippen molar-refractivity contribution in [3.63, 3.8) is 0 Å². The lowest BCUT2D eigenvalue weighted by Crippen LogP contribution is -2.48. The Balaban J connectivity index is 0.00000580. The summed E-state index contributed by atoms with van der Waals surface area (Å²) in [5.74, 6) is 2.93. The summed E-state index contributed by atoms with van der Waals surface area (Å²) in [4.78, 5) is 22.4. The van der Waals surface area contributed by atoms with Gasteiger partial charge >= 0.3 is 0 Å². The van der Waals surface area contributed by atoms with E-state index in [1.807, 2.05) is 74.2 Å². The maximum Gasteiger partial charge on any atom is 0.249 e. The number of aryl methyl sites for hydroxylation is 1. The van der Waals surface area contributed by atoms with Gasteiger partial charge in [-0.15, -0.1) is 17.0 Å². The van der Waals surface area contributed by atoms with Crippen molar-refractivity contribution in [3.8, 4) is 23.1 Å². The molecule has 1 aliphatic rings. The van der Waals surface area contributed by atoms with E-state index in [-0.39, 0.29) is 22.9 Å². The standard InChI is InChI=1S/C45H47Cl2N3O4.BrH/c1-30(2)36-14-16-39(17-15-36)52-28-35-12-10-34(11-13-35)27-49-20-22-50(23-21-49)45(51)33(5)32(4)38-24-31(3)44(42(47)25-38)54-43-19-18-40(26-48-43)53-29-37-8-6-7-9-41(37)46;/h6-19,24-26,30H,20-23,27-29H2,1-5H3;1H/b33-32-;. The molecule has 4 aromatic carbocycles. The van der Waals surface area contributed by atoms with Gasteiger partial charge in [-0.05, 0) is 96.5 Å². The maximum absolute atomic E-state index is 13.6. The highest BCUT2D eigenvalue weighted by molar-refractivity contribution is 8.93. The fourth-order valence-electron chi connectivity index (χ4n) is 6.31. The third kappa shape index (κ3) is 11.1. The molecule has 0 N–H and O–H groups in total. The van der Waals surface area contributed by atoms with Crippen LogP contribution < -0.4 is 14.2 Å². The first-order valence-electron chi connectivity index (χ1n) is 18.3. The van der Waals surface area contributed by atoms with Gasteiger partial charge in [0.2, 0.25) is 11.8 Å². The van der Waals surface area contributed by atoms with Crippen LogP contribution in [0.3, 0.4) is 0 Å². The Bertz CT molecular complexity index is 2060. The van der Waals surface area contributed by atoms with Gasteiger partial charge < -0.3 is 19.1 Å². The number of pyridine rings is 1. The lowest BCUT2D eigenvalue weighted by molar-refractivity contribution is -0.128. The van der Waals surface area contributed by atoms with Crippen LogP contribution in [0.5, 0.6) is 23.1 Å². The van der Waals surface area contributed by atoms with Gasteiger partial charge in [0.05, 0.1) is 11.2 Å². The van der Waals surface area contributed by atoms with Crippen LogP contribution in [-0.4, -0.2) is 46.9 Å². The minimum absolute atomic E-state index is 0. The fraction of sp³-hybridized carbons (Fsp3) is 0.289. The predicted octanol–water partition coefficient (Wildman–Crippen LogP) is 11.5. The van der Waals surface area contributed by atoms with E-state index in [0.717, 1.165) is 53.2 Å². The van der Waals surface area contributed by atoms with Crippen LogP contribution in [0, 0.1) is 6.92 Å². The van der Waals surface area contributed by atoms with Crippen LogP contribution in [-0.2, 0) is 24.6 Å². The average Bonchev–Trinajstić information content (AvgIpc) is 3.18. The molecule has 1 aromatic heterocycles. The average molecular weight is 846 g/mol. The molecule has 0 spiro atoms. The first-order chi connectivity index (χ1) is 26.0. The number of benzene rings is 4. The summed E-state index contributed by atoms with van der Waals surface area (Å²) in [6.07, 6.45) is 1.61. The van der Waals surface area contributed by atoms with E-state index in [1.54, 1.807) is 18.3 Å². The van der Waals surface area contributed by atoms with Crippen molar-refractivity contribution in [1.29, 1.82) is 0 Å². The van der Waals surface area contributed by atoms with E-state index >= 15 is 0 Å². The van der Waals surface area contributed by atoms with Crippen LogP contribution in [0.15, 0.2) is 109 Å². The molecule has 55 heavy (non-hydrogen) atoms. The number of piperazine rings is 1. The number of ether oxygens (including phenoxy) is 3. The van der Waals surface area contributed by atoms with E-state index in [4.69, 9.17) is 37.4 Å². The zero-order valence-electron chi connectivity index (χ0n) is 32.0. The summed E-state index contributed by atoms with van der Waals surface area (Å²) < 4.78 is 17.9. The van der Waals surface area contributed by atoms with Crippen molar-refractivity contribution in [1.82, 2.24) is 14.8 Å². The molecule has 0 atom stereocenters. The molecule has 10 heteroatoms. The Morgan fingerprint density at radius 3 is 2.07 bits per heavy atom. The number of rotatable bonds is 13. The Hall–Kier alpha value is -4.34. The van der Waals surface area contributed by atoms with Gasteiger partial charge in [-0.25, -0.2) is 4.98 Å². The second-order valence-corrected chi connectivity index (χ2v) is 14.9. The lowest BCUT2D eigenvalue weighted by atomic mass is 9.99. The summed E-state index contributed by atoms with van der Waals surface area (Å²) in [6.45, 7) is 14.9. The molecule has 5 aromatic rings.